The minimum Gasteiger partial charge on any atom is -0.391 e. The summed E-state index contributed by atoms with van der Waals surface area (Å²) in [6.45, 7) is 1.31. The highest BCUT2D eigenvalue weighted by molar-refractivity contribution is 6.33. The van der Waals surface area contributed by atoms with Gasteiger partial charge in [-0.1, -0.05) is 36.4 Å². The van der Waals surface area contributed by atoms with Gasteiger partial charge in [0.15, 0.2) is 0 Å². The predicted molar refractivity (Wildman–Crippen MR) is 106 cm³/mol. The Bertz CT molecular complexity index is 738. The SMILES string of the molecule is CC(O)C(O)C(O)C(O)C(/C=N\Nc1ccccc1)=N/Nc1ccccc1. The molecule has 8 nitrogen and oxygen atoms in total. The first kappa shape index (κ1) is 20.5. The van der Waals surface area contributed by atoms with E-state index in [1.165, 1.54) is 13.1 Å². The summed E-state index contributed by atoms with van der Waals surface area (Å²) in [7, 11) is 0. The van der Waals surface area contributed by atoms with Crippen LogP contribution in [-0.4, -0.2) is 56.8 Å². The monoisotopic (exact) mass is 372 g/mol. The van der Waals surface area contributed by atoms with Crippen LogP contribution in [-0.2, 0) is 0 Å². The molecule has 2 rings (SSSR count). The number of anilines is 2. The van der Waals surface area contributed by atoms with Gasteiger partial charge in [0.05, 0.1) is 23.7 Å². The van der Waals surface area contributed by atoms with Gasteiger partial charge in [-0.25, -0.2) is 0 Å². The van der Waals surface area contributed by atoms with Gasteiger partial charge in [0, 0.05) is 0 Å². The zero-order chi connectivity index (χ0) is 19.6. The van der Waals surface area contributed by atoms with Crippen molar-refractivity contribution in [3.05, 3.63) is 60.7 Å². The van der Waals surface area contributed by atoms with Crippen LogP contribution in [0.3, 0.4) is 0 Å². The van der Waals surface area contributed by atoms with Gasteiger partial charge in [0.2, 0.25) is 0 Å². The van der Waals surface area contributed by atoms with Gasteiger partial charge < -0.3 is 20.4 Å². The fraction of sp³-hybridized carbons (Fsp3) is 0.263. The van der Waals surface area contributed by atoms with Gasteiger partial charge in [0.25, 0.3) is 0 Å². The van der Waals surface area contributed by atoms with Crippen molar-refractivity contribution in [3.63, 3.8) is 0 Å². The van der Waals surface area contributed by atoms with Crippen LogP contribution in [0.25, 0.3) is 0 Å². The van der Waals surface area contributed by atoms with Crippen molar-refractivity contribution < 1.29 is 20.4 Å². The quantitative estimate of drug-likeness (QED) is 0.288. The summed E-state index contributed by atoms with van der Waals surface area (Å²) in [5, 5.41) is 47.8. The summed E-state index contributed by atoms with van der Waals surface area (Å²) < 4.78 is 0. The van der Waals surface area contributed by atoms with E-state index in [4.69, 9.17) is 0 Å². The molecule has 0 spiro atoms. The summed E-state index contributed by atoms with van der Waals surface area (Å²) in [6.07, 6.45) is -4.77. The molecule has 2 aromatic carbocycles. The van der Waals surface area contributed by atoms with Crippen LogP contribution in [0.1, 0.15) is 6.92 Å². The largest absolute Gasteiger partial charge is 0.391 e. The molecule has 0 heterocycles. The third-order valence-electron chi connectivity index (χ3n) is 3.72. The van der Waals surface area contributed by atoms with Crippen LogP contribution in [0.15, 0.2) is 70.9 Å². The molecule has 6 N–H and O–H groups in total. The van der Waals surface area contributed by atoms with Crippen molar-refractivity contribution >= 4 is 23.3 Å². The molecule has 0 saturated carbocycles. The molecule has 0 amide bonds. The molecular weight excluding hydrogens is 348 g/mol. The fourth-order valence-electron chi connectivity index (χ4n) is 2.15. The maximum absolute atomic E-state index is 10.4. The van der Waals surface area contributed by atoms with E-state index in [0.29, 0.717) is 5.69 Å². The maximum atomic E-state index is 10.4. The van der Waals surface area contributed by atoms with Gasteiger partial charge >= 0.3 is 0 Å². The molecule has 2 aromatic rings. The first-order valence-corrected chi connectivity index (χ1v) is 8.44. The number of hydrazone groups is 2. The van der Waals surface area contributed by atoms with Gasteiger partial charge in [-0.15, -0.1) is 0 Å². The molecule has 0 aliphatic rings. The zero-order valence-corrected chi connectivity index (χ0v) is 14.8. The second-order valence-corrected chi connectivity index (χ2v) is 5.92. The topological polar surface area (TPSA) is 130 Å². The normalized spacial score (nSPS) is 16.6. The molecule has 144 valence electrons. The van der Waals surface area contributed by atoms with E-state index in [1.54, 1.807) is 24.3 Å². The lowest BCUT2D eigenvalue weighted by molar-refractivity contribution is -0.0826. The lowest BCUT2D eigenvalue weighted by Crippen LogP contribution is -2.47. The number of para-hydroxylation sites is 2. The van der Waals surface area contributed by atoms with E-state index in [-0.39, 0.29) is 5.71 Å². The number of aliphatic hydroxyl groups is 4. The van der Waals surface area contributed by atoms with Crippen molar-refractivity contribution in [3.8, 4) is 0 Å². The molecule has 0 aliphatic carbocycles. The molecule has 0 saturated heterocycles. The Morgan fingerprint density at radius 3 is 1.85 bits per heavy atom. The minimum atomic E-state index is -1.65. The minimum absolute atomic E-state index is 0.0329. The third kappa shape index (κ3) is 6.46. The number of hydrogen-bond acceptors (Lipinski definition) is 8. The molecular formula is C19H24N4O4. The van der Waals surface area contributed by atoms with E-state index in [1.807, 2.05) is 36.4 Å². The molecule has 0 bridgehead atoms. The molecule has 8 heteroatoms. The van der Waals surface area contributed by atoms with Crippen LogP contribution in [0.4, 0.5) is 11.4 Å². The third-order valence-corrected chi connectivity index (χ3v) is 3.72. The maximum Gasteiger partial charge on any atom is 0.128 e. The van der Waals surface area contributed by atoms with Crippen LogP contribution in [0.2, 0.25) is 0 Å². The number of rotatable bonds is 9. The average Bonchev–Trinajstić information content (AvgIpc) is 2.70. The highest BCUT2D eigenvalue weighted by atomic mass is 16.4. The summed E-state index contributed by atoms with van der Waals surface area (Å²) >= 11 is 0. The highest BCUT2D eigenvalue weighted by Crippen LogP contribution is 2.09. The number of hydrogen-bond donors (Lipinski definition) is 6. The van der Waals surface area contributed by atoms with Gasteiger partial charge in [-0.2, -0.15) is 10.2 Å². The average molecular weight is 372 g/mol. The Kier molecular flexibility index (Phi) is 7.90. The summed E-state index contributed by atoms with van der Waals surface area (Å²) in [6, 6.07) is 18.2. The lowest BCUT2D eigenvalue weighted by atomic mass is 10.0. The Labute approximate surface area is 157 Å². The van der Waals surface area contributed by atoms with Crippen molar-refractivity contribution in [1.82, 2.24) is 0 Å². The smallest absolute Gasteiger partial charge is 0.128 e. The van der Waals surface area contributed by atoms with Crippen molar-refractivity contribution in [2.75, 3.05) is 10.9 Å². The Morgan fingerprint density at radius 1 is 0.815 bits per heavy atom. The predicted octanol–water partition coefficient (Wildman–Crippen LogP) is 1.02. The van der Waals surface area contributed by atoms with Gasteiger partial charge in [-0.05, 0) is 31.2 Å². The van der Waals surface area contributed by atoms with E-state index in [2.05, 4.69) is 21.1 Å². The van der Waals surface area contributed by atoms with Crippen LogP contribution < -0.4 is 10.9 Å². The van der Waals surface area contributed by atoms with Crippen molar-refractivity contribution in [2.24, 2.45) is 10.2 Å². The molecule has 4 unspecified atom stereocenters. The molecule has 4 atom stereocenters. The van der Waals surface area contributed by atoms with Crippen LogP contribution in [0.5, 0.6) is 0 Å². The van der Waals surface area contributed by atoms with Crippen molar-refractivity contribution in [1.29, 1.82) is 0 Å². The lowest BCUT2D eigenvalue weighted by Gasteiger charge is -2.24. The first-order valence-electron chi connectivity index (χ1n) is 8.44. The number of nitrogens with one attached hydrogen (secondary N) is 2. The Balaban J connectivity index is 2.16. The van der Waals surface area contributed by atoms with E-state index < -0.39 is 24.4 Å². The molecule has 0 aliphatic heterocycles. The van der Waals surface area contributed by atoms with Crippen LogP contribution >= 0.6 is 0 Å². The standard InChI is InChI=1S/C19H24N4O4/c1-13(24)17(25)19(27)18(26)16(23-22-15-10-6-3-7-11-15)12-20-21-14-8-4-2-5-9-14/h2-13,17-19,21-22,24-27H,1H3/b20-12-,23-16+. The molecule has 0 radical (unpaired) electrons. The summed E-state index contributed by atoms with van der Waals surface area (Å²) in [4.78, 5) is 0. The second kappa shape index (κ2) is 10.4. The first-order chi connectivity index (χ1) is 13.0. The van der Waals surface area contributed by atoms with E-state index in [9.17, 15) is 20.4 Å². The fourth-order valence-corrected chi connectivity index (χ4v) is 2.15. The van der Waals surface area contributed by atoms with Crippen LogP contribution in [0, 0.1) is 0 Å². The molecule has 0 aromatic heterocycles. The Hall–Kier alpha value is -2.78. The van der Waals surface area contributed by atoms with Gasteiger partial charge in [0.1, 0.15) is 24.0 Å². The summed E-state index contributed by atoms with van der Waals surface area (Å²) in [5.41, 5.74) is 6.88. The Morgan fingerprint density at radius 2 is 1.33 bits per heavy atom. The summed E-state index contributed by atoms with van der Waals surface area (Å²) in [5.74, 6) is 0. The molecule has 0 fully saturated rings. The molecule has 27 heavy (non-hydrogen) atoms. The number of aliphatic hydroxyl groups excluding tert-OH is 4. The van der Waals surface area contributed by atoms with E-state index in [0.717, 1.165) is 5.69 Å². The van der Waals surface area contributed by atoms with Gasteiger partial charge in [-0.3, -0.25) is 10.9 Å². The van der Waals surface area contributed by atoms with Crippen molar-refractivity contribution in [2.45, 2.75) is 31.3 Å². The number of nitrogens with zero attached hydrogens (tertiary/aromatic N) is 2. The number of benzene rings is 2. The second-order valence-electron chi connectivity index (χ2n) is 5.92. The zero-order valence-electron chi connectivity index (χ0n) is 14.8. The van der Waals surface area contributed by atoms with E-state index >= 15 is 0 Å². The highest BCUT2D eigenvalue weighted by Gasteiger charge is 2.31.